The first-order chi connectivity index (χ1) is 17.5. The molecule has 0 saturated carbocycles. The van der Waals surface area contributed by atoms with E-state index < -0.39 is 6.04 Å². The zero-order valence-corrected chi connectivity index (χ0v) is 20.7. The Balaban J connectivity index is 1.54. The number of tetrazole rings is 1. The number of aromatic nitrogens is 5. The zero-order chi connectivity index (χ0) is 25.2. The Morgan fingerprint density at radius 2 is 1.83 bits per heavy atom. The second-order valence-corrected chi connectivity index (χ2v) is 9.21. The normalized spacial score (nSPS) is 15.5. The van der Waals surface area contributed by atoms with E-state index in [1.165, 1.54) is 6.07 Å². The van der Waals surface area contributed by atoms with Crippen LogP contribution in [0.5, 0.6) is 0 Å². The molecular weight excluding hydrogens is 461 g/mol. The van der Waals surface area contributed by atoms with Crippen LogP contribution < -0.4 is 10.5 Å². The van der Waals surface area contributed by atoms with Gasteiger partial charge in [0.1, 0.15) is 11.9 Å². The third-order valence-electron chi connectivity index (χ3n) is 6.97. The van der Waals surface area contributed by atoms with Crippen molar-refractivity contribution in [2.45, 2.75) is 26.4 Å². The maximum atomic E-state index is 14.4. The number of aromatic amines is 1. The Bertz CT molecular complexity index is 1430. The van der Waals surface area contributed by atoms with E-state index in [-0.39, 0.29) is 11.4 Å². The van der Waals surface area contributed by atoms with E-state index in [0.717, 1.165) is 22.0 Å². The molecule has 5 rings (SSSR count). The maximum absolute atomic E-state index is 14.4. The van der Waals surface area contributed by atoms with Crippen LogP contribution >= 0.6 is 0 Å². The van der Waals surface area contributed by atoms with Gasteiger partial charge in [0.25, 0.3) is 5.56 Å². The fraction of sp³-hybridized carbons (Fsp3) is 0.385. The molecule has 188 valence electrons. The monoisotopic (exact) mass is 491 g/mol. The molecule has 0 amide bonds. The van der Waals surface area contributed by atoms with Gasteiger partial charge in [-0.2, -0.15) is 0 Å². The summed E-state index contributed by atoms with van der Waals surface area (Å²) < 4.78 is 21.3. The van der Waals surface area contributed by atoms with Gasteiger partial charge < -0.3 is 14.6 Å². The van der Waals surface area contributed by atoms with E-state index >= 15 is 0 Å². The van der Waals surface area contributed by atoms with Gasteiger partial charge in [-0.15, -0.1) is 5.10 Å². The molecular formula is C26H30FN7O2. The van der Waals surface area contributed by atoms with Gasteiger partial charge in [-0.05, 0) is 71.1 Å². The van der Waals surface area contributed by atoms with Crippen molar-refractivity contribution in [1.29, 1.82) is 0 Å². The van der Waals surface area contributed by atoms with Crippen molar-refractivity contribution in [3.8, 4) is 0 Å². The number of anilines is 1. The first kappa shape index (κ1) is 24.1. The van der Waals surface area contributed by atoms with Gasteiger partial charge in [0.2, 0.25) is 0 Å². The molecule has 1 aliphatic heterocycles. The summed E-state index contributed by atoms with van der Waals surface area (Å²) in [5.74, 6) is 0.350. The summed E-state index contributed by atoms with van der Waals surface area (Å²) in [5, 5.41) is 13.4. The van der Waals surface area contributed by atoms with E-state index in [2.05, 4.69) is 38.4 Å². The Hall–Kier alpha value is -3.63. The Morgan fingerprint density at radius 1 is 1.08 bits per heavy atom. The number of pyridine rings is 1. The van der Waals surface area contributed by atoms with Crippen LogP contribution in [-0.2, 0) is 11.3 Å². The number of fused-ring (bicyclic) bond motifs is 1. The van der Waals surface area contributed by atoms with Crippen molar-refractivity contribution in [3.63, 3.8) is 0 Å². The smallest absolute Gasteiger partial charge is 0.253 e. The van der Waals surface area contributed by atoms with Crippen molar-refractivity contribution >= 4 is 16.6 Å². The lowest BCUT2D eigenvalue weighted by Crippen LogP contribution is -2.49. The van der Waals surface area contributed by atoms with Crippen molar-refractivity contribution < 1.29 is 9.13 Å². The standard InChI is InChI=1S/C26H30FN7O2/c1-17-14-19-16-20(26(35)28-22(19)15-18(17)2)24(25-29-30-31-34(25)12-13-36-3)33-10-8-32(9-11-33)23-7-5-4-6-21(23)27/h4-7,14-16,24H,8-13H2,1-3H3,(H,28,35)/t24-/m1/s1. The molecule has 0 spiro atoms. The summed E-state index contributed by atoms with van der Waals surface area (Å²) in [6.07, 6.45) is 0. The molecule has 0 unspecified atom stereocenters. The second kappa shape index (κ2) is 10.2. The highest BCUT2D eigenvalue weighted by molar-refractivity contribution is 5.81. The highest BCUT2D eigenvalue weighted by Crippen LogP contribution is 2.30. The van der Waals surface area contributed by atoms with Crippen LogP contribution in [0.15, 0.2) is 47.3 Å². The molecule has 3 heterocycles. The summed E-state index contributed by atoms with van der Waals surface area (Å²) >= 11 is 0. The third kappa shape index (κ3) is 4.61. The molecule has 1 saturated heterocycles. The number of halogens is 1. The van der Waals surface area contributed by atoms with Crippen molar-refractivity contribution in [3.05, 3.63) is 81.2 Å². The first-order valence-corrected chi connectivity index (χ1v) is 12.1. The summed E-state index contributed by atoms with van der Waals surface area (Å²) in [5.41, 5.74) is 4.07. The second-order valence-electron chi connectivity index (χ2n) is 9.21. The first-order valence-electron chi connectivity index (χ1n) is 12.1. The molecule has 1 atom stereocenters. The minimum Gasteiger partial charge on any atom is -0.383 e. The van der Waals surface area contributed by atoms with Gasteiger partial charge in [-0.1, -0.05) is 12.1 Å². The number of H-pyrrole nitrogens is 1. The minimum atomic E-state index is -0.464. The van der Waals surface area contributed by atoms with Crippen molar-refractivity contribution in [2.75, 3.05) is 44.8 Å². The lowest BCUT2D eigenvalue weighted by molar-refractivity contribution is 0.171. The molecule has 0 radical (unpaired) electrons. The van der Waals surface area contributed by atoms with Crippen molar-refractivity contribution in [2.24, 2.45) is 0 Å². The lowest BCUT2D eigenvalue weighted by Gasteiger charge is -2.39. The van der Waals surface area contributed by atoms with Gasteiger partial charge in [0.15, 0.2) is 5.82 Å². The number of aryl methyl sites for hydroxylation is 2. The van der Waals surface area contributed by atoms with Crippen LogP contribution in [-0.4, -0.2) is 70.0 Å². The number of ether oxygens (including phenoxy) is 1. The van der Waals surface area contributed by atoms with Crippen LogP contribution in [0, 0.1) is 19.7 Å². The van der Waals surface area contributed by atoms with E-state index in [4.69, 9.17) is 4.74 Å². The summed E-state index contributed by atoms with van der Waals surface area (Å²) in [6, 6.07) is 12.4. The topological polar surface area (TPSA) is 92.2 Å². The quantitative estimate of drug-likeness (QED) is 0.425. The molecule has 9 nitrogen and oxygen atoms in total. The Morgan fingerprint density at radius 3 is 2.58 bits per heavy atom. The number of benzene rings is 2. The number of nitrogens with zero attached hydrogens (tertiary/aromatic N) is 6. The number of hydrogen-bond donors (Lipinski definition) is 1. The highest BCUT2D eigenvalue weighted by Gasteiger charge is 2.33. The molecule has 4 aromatic rings. The van der Waals surface area contributed by atoms with E-state index in [1.54, 1.807) is 23.9 Å². The fourth-order valence-corrected chi connectivity index (χ4v) is 4.87. The number of para-hydroxylation sites is 1. The maximum Gasteiger partial charge on any atom is 0.253 e. The average Bonchev–Trinajstić information content (AvgIpc) is 3.33. The molecule has 1 fully saturated rings. The molecule has 1 aliphatic rings. The zero-order valence-electron chi connectivity index (χ0n) is 20.7. The molecule has 0 bridgehead atoms. The predicted octanol–water partition coefficient (Wildman–Crippen LogP) is 2.83. The summed E-state index contributed by atoms with van der Waals surface area (Å²) in [4.78, 5) is 20.7. The molecule has 0 aliphatic carbocycles. The molecule has 10 heteroatoms. The number of nitrogens with one attached hydrogen (secondary N) is 1. The van der Waals surface area contributed by atoms with E-state index in [1.807, 2.05) is 30.0 Å². The largest absolute Gasteiger partial charge is 0.383 e. The number of rotatable bonds is 7. The van der Waals surface area contributed by atoms with Crippen molar-refractivity contribution in [1.82, 2.24) is 30.1 Å². The fourth-order valence-electron chi connectivity index (χ4n) is 4.87. The number of piperazine rings is 1. The third-order valence-corrected chi connectivity index (χ3v) is 6.97. The average molecular weight is 492 g/mol. The van der Waals surface area contributed by atoms with E-state index in [9.17, 15) is 9.18 Å². The minimum absolute atomic E-state index is 0.173. The van der Waals surface area contributed by atoms with Gasteiger partial charge >= 0.3 is 0 Å². The number of hydrogen-bond acceptors (Lipinski definition) is 7. The van der Waals surface area contributed by atoms with Crippen LogP contribution in [0.1, 0.15) is 28.6 Å². The van der Waals surface area contributed by atoms with E-state index in [0.29, 0.717) is 56.4 Å². The number of methoxy groups -OCH3 is 1. The highest BCUT2D eigenvalue weighted by atomic mass is 19.1. The lowest BCUT2D eigenvalue weighted by atomic mass is 10.00. The summed E-state index contributed by atoms with van der Waals surface area (Å²) in [7, 11) is 1.63. The molecule has 2 aromatic heterocycles. The van der Waals surface area contributed by atoms with Crippen LogP contribution in [0.3, 0.4) is 0 Å². The Kier molecular flexibility index (Phi) is 6.80. The van der Waals surface area contributed by atoms with Crippen LogP contribution in [0.4, 0.5) is 10.1 Å². The van der Waals surface area contributed by atoms with Crippen LogP contribution in [0.25, 0.3) is 10.9 Å². The van der Waals surface area contributed by atoms with Gasteiger partial charge in [0, 0.05) is 44.4 Å². The predicted molar refractivity (Wildman–Crippen MR) is 136 cm³/mol. The molecule has 36 heavy (non-hydrogen) atoms. The molecule has 2 aromatic carbocycles. The SMILES string of the molecule is COCCn1nnnc1[C@@H](c1cc2cc(C)c(C)cc2[nH]c1=O)N1CCN(c2ccccc2F)CC1. The van der Waals surface area contributed by atoms with Gasteiger partial charge in [0.05, 0.1) is 18.8 Å². The summed E-state index contributed by atoms with van der Waals surface area (Å²) in [6.45, 7) is 7.45. The van der Waals surface area contributed by atoms with Gasteiger partial charge in [-0.25, -0.2) is 9.07 Å². The van der Waals surface area contributed by atoms with Gasteiger partial charge in [-0.3, -0.25) is 9.69 Å². The molecule has 1 N–H and O–H groups in total. The van der Waals surface area contributed by atoms with Crippen LogP contribution in [0.2, 0.25) is 0 Å². The Labute approximate surface area is 208 Å².